The summed E-state index contributed by atoms with van der Waals surface area (Å²) in [6, 6.07) is 11.8. The van der Waals surface area contributed by atoms with E-state index in [4.69, 9.17) is 4.98 Å². The van der Waals surface area contributed by atoms with Crippen molar-refractivity contribution in [3.8, 4) is 0 Å². The van der Waals surface area contributed by atoms with Crippen molar-refractivity contribution in [1.82, 2.24) is 20.1 Å². The molecule has 216 valence electrons. The molecular formula is C31H44N6O3. The summed E-state index contributed by atoms with van der Waals surface area (Å²) in [7, 11) is 2.13. The summed E-state index contributed by atoms with van der Waals surface area (Å²) in [5.74, 6) is -0.0321. The average Bonchev–Trinajstić information content (AvgIpc) is 2.97. The fourth-order valence-electron chi connectivity index (χ4n) is 6.18. The fourth-order valence-corrected chi connectivity index (χ4v) is 6.18. The molecule has 1 amide bonds. The van der Waals surface area contributed by atoms with Crippen molar-refractivity contribution in [2.75, 3.05) is 69.6 Å². The molecular weight excluding hydrogens is 504 g/mol. The molecule has 1 aromatic carbocycles. The fraction of sp³-hybridized carbons (Fsp3) is 0.581. The van der Waals surface area contributed by atoms with Crippen LogP contribution in [0.15, 0.2) is 36.4 Å². The lowest BCUT2D eigenvalue weighted by Crippen LogP contribution is -2.45. The van der Waals surface area contributed by atoms with E-state index in [1.54, 1.807) is 0 Å². The van der Waals surface area contributed by atoms with Gasteiger partial charge in [0.25, 0.3) is 0 Å². The molecule has 0 radical (unpaired) electrons. The Morgan fingerprint density at radius 2 is 1.98 bits per heavy atom. The van der Waals surface area contributed by atoms with Crippen molar-refractivity contribution in [1.29, 1.82) is 0 Å². The van der Waals surface area contributed by atoms with Gasteiger partial charge in [-0.15, -0.1) is 0 Å². The van der Waals surface area contributed by atoms with Gasteiger partial charge in [-0.25, -0.2) is 4.98 Å². The molecule has 3 aliphatic heterocycles. The largest absolute Gasteiger partial charge is 0.481 e. The molecule has 0 spiro atoms. The van der Waals surface area contributed by atoms with Gasteiger partial charge in [-0.1, -0.05) is 18.2 Å². The summed E-state index contributed by atoms with van der Waals surface area (Å²) in [6.45, 7) is 7.51. The van der Waals surface area contributed by atoms with E-state index in [0.717, 1.165) is 107 Å². The number of piperidine rings is 1. The minimum absolute atomic E-state index is 0.0385. The van der Waals surface area contributed by atoms with Crippen molar-refractivity contribution in [3.63, 3.8) is 0 Å². The Morgan fingerprint density at radius 3 is 2.80 bits per heavy atom. The molecule has 3 aliphatic rings. The number of amides is 1. The Balaban J connectivity index is 1.15. The number of anilines is 2. The number of carboxylic acid groups (broad SMARTS) is 1. The summed E-state index contributed by atoms with van der Waals surface area (Å²) >= 11 is 0. The number of nitrogens with one attached hydrogen (secondary N) is 2. The number of hydrogen-bond acceptors (Lipinski definition) is 7. The standard InChI is InChI=1S/C31H44N6O3/c1-35-16-18-37(19-17-35)27-10-2-6-24(20-27)28(21-29(38)39)34-31(40)25-8-4-14-36(22-25)15-5-9-26-12-11-23-7-3-13-32-30(23)33-26/h2,6,10-12,20,25,28H,3-5,7-9,13-19,21-22H2,1H3,(H,32,33)(H,34,40)(H,38,39)/t25-,28?/m1/s1. The number of fused-ring (bicyclic) bond motifs is 1. The van der Waals surface area contributed by atoms with E-state index in [9.17, 15) is 14.7 Å². The van der Waals surface area contributed by atoms with Gasteiger partial charge in [-0.3, -0.25) is 9.59 Å². The SMILES string of the molecule is CN1CCN(c2cccc(C(CC(=O)O)NC(=O)[C@@H]3CCCN(CCCc4ccc5c(n4)NCCC5)C3)c2)CC1. The van der Waals surface area contributed by atoms with E-state index in [0.29, 0.717) is 6.54 Å². The van der Waals surface area contributed by atoms with E-state index in [-0.39, 0.29) is 18.2 Å². The molecule has 1 unspecified atom stereocenters. The third kappa shape index (κ3) is 7.52. The Hall–Kier alpha value is -3.17. The first-order valence-electron chi connectivity index (χ1n) is 15.0. The molecule has 1 aromatic heterocycles. The molecule has 4 heterocycles. The molecule has 9 heteroatoms. The van der Waals surface area contributed by atoms with Gasteiger partial charge in [0.1, 0.15) is 5.82 Å². The molecule has 2 aromatic rings. The first-order chi connectivity index (χ1) is 19.4. The number of hydrogen-bond donors (Lipinski definition) is 3. The lowest BCUT2D eigenvalue weighted by molar-refractivity contribution is -0.138. The summed E-state index contributed by atoms with van der Waals surface area (Å²) < 4.78 is 0. The topological polar surface area (TPSA) is 101 Å². The lowest BCUT2D eigenvalue weighted by atomic mass is 9.95. The third-order valence-corrected chi connectivity index (χ3v) is 8.57. The summed E-state index contributed by atoms with van der Waals surface area (Å²) in [4.78, 5) is 37.0. The van der Waals surface area contributed by atoms with Crippen molar-refractivity contribution in [3.05, 3.63) is 53.2 Å². The van der Waals surface area contributed by atoms with Crippen LogP contribution in [0.1, 0.15) is 55.0 Å². The quantitative estimate of drug-likeness (QED) is 0.416. The maximum Gasteiger partial charge on any atom is 0.305 e. The summed E-state index contributed by atoms with van der Waals surface area (Å²) in [5.41, 5.74) is 4.37. The molecule has 9 nitrogen and oxygen atoms in total. The van der Waals surface area contributed by atoms with E-state index >= 15 is 0 Å². The molecule has 40 heavy (non-hydrogen) atoms. The van der Waals surface area contributed by atoms with Gasteiger partial charge in [0.2, 0.25) is 5.91 Å². The number of aryl methyl sites for hydroxylation is 2. The molecule has 2 saturated heterocycles. The van der Waals surface area contributed by atoms with Gasteiger partial charge in [-0.05, 0) is 88.0 Å². The Labute approximate surface area is 237 Å². The van der Waals surface area contributed by atoms with E-state index in [1.807, 2.05) is 12.1 Å². The Morgan fingerprint density at radius 1 is 1.12 bits per heavy atom. The second-order valence-electron chi connectivity index (χ2n) is 11.6. The van der Waals surface area contributed by atoms with Gasteiger partial charge < -0.3 is 30.4 Å². The van der Waals surface area contributed by atoms with Crippen LogP contribution in [0.4, 0.5) is 11.5 Å². The number of likely N-dealkylation sites (tertiary alicyclic amines) is 1. The first-order valence-corrected chi connectivity index (χ1v) is 15.0. The van der Waals surface area contributed by atoms with E-state index < -0.39 is 12.0 Å². The highest BCUT2D eigenvalue weighted by Gasteiger charge is 2.28. The third-order valence-electron chi connectivity index (χ3n) is 8.57. The van der Waals surface area contributed by atoms with Gasteiger partial charge in [0.15, 0.2) is 0 Å². The van der Waals surface area contributed by atoms with E-state index in [1.165, 1.54) is 5.56 Å². The van der Waals surface area contributed by atoms with Crippen LogP contribution < -0.4 is 15.5 Å². The highest BCUT2D eigenvalue weighted by atomic mass is 16.4. The van der Waals surface area contributed by atoms with Crippen LogP contribution in [0, 0.1) is 5.92 Å². The number of piperazine rings is 1. The number of rotatable bonds is 10. The maximum atomic E-state index is 13.4. The predicted octanol–water partition coefficient (Wildman–Crippen LogP) is 3.17. The van der Waals surface area contributed by atoms with Gasteiger partial charge >= 0.3 is 5.97 Å². The van der Waals surface area contributed by atoms with Crippen molar-refractivity contribution in [2.45, 2.75) is 51.0 Å². The zero-order valence-corrected chi connectivity index (χ0v) is 23.8. The van der Waals surface area contributed by atoms with Crippen LogP contribution in [0.3, 0.4) is 0 Å². The minimum atomic E-state index is -0.911. The molecule has 0 aliphatic carbocycles. The average molecular weight is 549 g/mol. The molecule has 3 N–H and O–H groups in total. The normalized spacial score (nSPS) is 20.8. The zero-order chi connectivity index (χ0) is 27.9. The number of aliphatic carboxylic acids is 1. The van der Waals surface area contributed by atoms with E-state index in [2.05, 4.69) is 56.6 Å². The zero-order valence-electron chi connectivity index (χ0n) is 23.8. The second kappa shape index (κ2) is 13.5. The van der Waals surface area contributed by atoms with Gasteiger partial charge in [0.05, 0.1) is 18.4 Å². The number of nitrogens with zero attached hydrogens (tertiary/aromatic N) is 4. The number of carboxylic acids is 1. The van der Waals surface area contributed by atoms with Crippen LogP contribution in [0.2, 0.25) is 0 Å². The molecule has 5 rings (SSSR count). The highest BCUT2D eigenvalue weighted by molar-refractivity contribution is 5.80. The predicted molar refractivity (Wildman–Crippen MR) is 158 cm³/mol. The highest BCUT2D eigenvalue weighted by Crippen LogP contribution is 2.26. The summed E-state index contributed by atoms with van der Waals surface area (Å²) in [5, 5.41) is 16.2. The molecule has 0 bridgehead atoms. The maximum absolute atomic E-state index is 13.4. The summed E-state index contributed by atoms with van der Waals surface area (Å²) in [6.07, 6.45) is 5.87. The van der Waals surface area contributed by atoms with Crippen LogP contribution >= 0.6 is 0 Å². The number of aromatic nitrogens is 1. The number of benzene rings is 1. The smallest absolute Gasteiger partial charge is 0.305 e. The molecule has 2 fully saturated rings. The van der Waals surface area contributed by atoms with Crippen molar-refractivity contribution >= 4 is 23.4 Å². The lowest BCUT2D eigenvalue weighted by Gasteiger charge is -2.35. The van der Waals surface area contributed by atoms with Crippen LogP contribution in [0.5, 0.6) is 0 Å². The monoisotopic (exact) mass is 548 g/mol. The van der Waals surface area contributed by atoms with Crippen molar-refractivity contribution in [2.24, 2.45) is 5.92 Å². The van der Waals surface area contributed by atoms with Crippen molar-refractivity contribution < 1.29 is 14.7 Å². The molecule has 0 saturated carbocycles. The van der Waals surface area contributed by atoms with Gasteiger partial charge in [-0.2, -0.15) is 0 Å². The first kappa shape index (κ1) is 28.4. The number of carbonyl (C=O) groups is 2. The van der Waals surface area contributed by atoms with Crippen LogP contribution in [0.25, 0.3) is 0 Å². The number of pyridine rings is 1. The van der Waals surface area contributed by atoms with Crippen LogP contribution in [-0.4, -0.2) is 91.2 Å². The van der Waals surface area contributed by atoms with Gasteiger partial charge in [0, 0.05) is 50.6 Å². The Bertz CT molecular complexity index is 1170. The Kier molecular flexibility index (Phi) is 9.54. The number of likely N-dealkylation sites (N-methyl/N-ethyl adjacent to an activating group) is 1. The molecule has 2 atom stereocenters. The number of carbonyl (C=O) groups excluding carboxylic acids is 1. The minimum Gasteiger partial charge on any atom is -0.481 e. The second-order valence-corrected chi connectivity index (χ2v) is 11.6. The van der Waals surface area contributed by atoms with Crippen LogP contribution in [-0.2, 0) is 22.4 Å².